The van der Waals surface area contributed by atoms with Crippen LogP contribution in [0.4, 0.5) is 0 Å². The lowest BCUT2D eigenvalue weighted by molar-refractivity contribution is 0.0523. The van der Waals surface area contributed by atoms with E-state index in [0.717, 1.165) is 0 Å². The van der Waals surface area contributed by atoms with E-state index >= 15 is 0 Å². The van der Waals surface area contributed by atoms with E-state index in [1.807, 2.05) is 0 Å². The SMILES string of the molecule is C[C@@H](O)c1cc(Cl)ccc1OCC(O)CO. The molecule has 0 fully saturated rings. The molecule has 4 nitrogen and oxygen atoms in total. The normalized spacial score (nSPS) is 14.6. The number of aliphatic hydroxyl groups is 3. The summed E-state index contributed by atoms with van der Waals surface area (Å²) in [5.41, 5.74) is 0.553. The molecule has 1 rings (SSSR count). The monoisotopic (exact) mass is 246 g/mol. The molecule has 0 heterocycles. The van der Waals surface area contributed by atoms with Gasteiger partial charge in [0.25, 0.3) is 0 Å². The molecule has 90 valence electrons. The molecule has 0 spiro atoms. The van der Waals surface area contributed by atoms with Crippen molar-refractivity contribution in [3.8, 4) is 5.75 Å². The molecule has 1 aromatic carbocycles. The van der Waals surface area contributed by atoms with Gasteiger partial charge in [0.1, 0.15) is 18.5 Å². The molecule has 5 heteroatoms. The number of ether oxygens (including phenoxy) is 1. The van der Waals surface area contributed by atoms with Crippen molar-refractivity contribution in [2.45, 2.75) is 19.1 Å². The molecule has 0 aliphatic heterocycles. The van der Waals surface area contributed by atoms with Crippen molar-refractivity contribution >= 4 is 11.6 Å². The number of benzene rings is 1. The lowest BCUT2D eigenvalue weighted by Gasteiger charge is -2.15. The van der Waals surface area contributed by atoms with Crippen LogP contribution in [0.15, 0.2) is 18.2 Å². The summed E-state index contributed by atoms with van der Waals surface area (Å²) in [6, 6.07) is 4.86. The highest BCUT2D eigenvalue weighted by Crippen LogP contribution is 2.28. The zero-order valence-corrected chi connectivity index (χ0v) is 9.68. The van der Waals surface area contributed by atoms with Crippen LogP contribution in [0.3, 0.4) is 0 Å². The van der Waals surface area contributed by atoms with Gasteiger partial charge in [0.15, 0.2) is 0 Å². The molecular weight excluding hydrogens is 232 g/mol. The van der Waals surface area contributed by atoms with E-state index < -0.39 is 12.2 Å². The Labute approximate surface area is 99.1 Å². The number of hydrogen-bond acceptors (Lipinski definition) is 4. The summed E-state index contributed by atoms with van der Waals surface area (Å²) in [4.78, 5) is 0. The van der Waals surface area contributed by atoms with Crippen LogP contribution < -0.4 is 4.74 Å². The molecule has 0 saturated carbocycles. The minimum absolute atomic E-state index is 0.0299. The highest BCUT2D eigenvalue weighted by Gasteiger charge is 2.11. The maximum absolute atomic E-state index is 9.50. The first-order valence-electron chi connectivity index (χ1n) is 4.93. The summed E-state index contributed by atoms with van der Waals surface area (Å²) in [7, 11) is 0. The molecule has 1 unspecified atom stereocenters. The van der Waals surface area contributed by atoms with Gasteiger partial charge in [-0.2, -0.15) is 0 Å². The summed E-state index contributed by atoms with van der Waals surface area (Å²) in [5.74, 6) is 0.451. The third-order valence-corrected chi connectivity index (χ3v) is 2.30. The smallest absolute Gasteiger partial charge is 0.125 e. The fourth-order valence-corrected chi connectivity index (χ4v) is 1.40. The van der Waals surface area contributed by atoms with Crippen molar-refractivity contribution in [2.24, 2.45) is 0 Å². The van der Waals surface area contributed by atoms with E-state index in [-0.39, 0.29) is 13.2 Å². The molecule has 0 aromatic heterocycles. The fourth-order valence-electron chi connectivity index (χ4n) is 1.22. The van der Waals surface area contributed by atoms with Crippen LogP contribution >= 0.6 is 11.6 Å². The summed E-state index contributed by atoms with van der Waals surface area (Å²) in [6.45, 7) is 1.20. The van der Waals surface area contributed by atoms with Gasteiger partial charge in [0, 0.05) is 10.6 Å². The van der Waals surface area contributed by atoms with Crippen LogP contribution in [-0.2, 0) is 0 Å². The Morgan fingerprint density at radius 3 is 2.62 bits per heavy atom. The predicted octanol–water partition coefficient (Wildman–Crippen LogP) is 1.13. The highest BCUT2D eigenvalue weighted by molar-refractivity contribution is 6.30. The third-order valence-electron chi connectivity index (χ3n) is 2.06. The zero-order chi connectivity index (χ0) is 12.1. The van der Waals surface area contributed by atoms with Crippen molar-refractivity contribution in [1.29, 1.82) is 0 Å². The van der Waals surface area contributed by atoms with Crippen LogP contribution in [0.1, 0.15) is 18.6 Å². The first-order chi connectivity index (χ1) is 7.54. The van der Waals surface area contributed by atoms with E-state index in [0.29, 0.717) is 16.3 Å². The number of halogens is 1. The van der Waals surface area contributed by atoms with E-state index in [4.69, 9.17) is 26.6 Å². The van der Waals surface area contributed by atoms with Gasteiger partial charge in [-0.25, -0.2) is 0 Å². The van der Waals surface area contributed by atoms with Crippen LogP contribution in [0, 0.1) is 0 Å². The molecule has 0 saturated heterocycles. The number of rotatable bonds is 5. The number of aliphatic hydroxyl groups excluding tert-OH is 3. The van der Waals surface area contributed by atoms with Crippen LogP contribution in [0.25, 0.3) is 0 Å². The summed E-state index contributed by atoms with van der Waals surface area (Å²) < 4.78 is 5.28. The van der Waals surface area contributed by atoms with Gasteiger partial charge in [0.2, 0.25) is 0 Å². The molecular formula is C11H15ClO4. The van der Waals surface area contributed by atoms with Crippen LogP contribution in [0.2, 0.25) is 5.02 Å². The predicted molar refractivity (Wildman–Crippen MR) is 60.7 cm³/mol. The van der Waals surface area contributed by atoms with Gasteiger partial charge in [-0.1, -0.05) is 11.6 Å². The Morgan fingerprint density at radius 1 is 1.38 bits per heavy atom. The summed E-state index contributed by atoms with van der Waals surface area (Å²) in [5, 5.41) is 27.8. The Bertz CT molecular complexity index is 341. The van der Waals surface area contributed by atoms with E-state index in [1.165, 1.54) is 0 Å². The van der Waals surface area contributed by atoms with Crippen molar-refractivity contribution in [1.82, 2.24) is 0 Å². The molecule has 0 radical (unpaired) electrons. The quantitative estimate of drug-likeness (QED) is 0.728. The topological polar surface area (TPSA) is 69.9 Å². The second-order valence-electron chi connectivity index (χ2n) is 3.51. The van der Waals surface area contributed by atoms with Crippen molar-refractivity contribution in [3.63, 3.8) is 0 Å². The lowest BCUT2D eigenvalue weighted by atomic mass is 10.1. The standard InChI is InChI=1S/C11H15ClO4/c1-7(14)10-4-8(12)2-3-11(10)16-6-9(15)5-13/h2-4,7,9,13-15H,5-6H2,1H3/t7-,9?/m1/s1. The Morgan fingerprint density at radius 2 is 2.06 bits per heavy atom. The second kappa shape index (κ2) is 6.06. The highest BCUT2D eigenvalue weighted by atomic mass is 35.5. The van der Waals surface area contributed by atoms with Gasteiger partial charge in [-0.15, -0.1) is 0 Å². The van der Waals surface area contributed by atoms with Crippen LogP contribution in [0.5, 0.6) is 5.75 Å². The van der Waals surface area contributed by atoms with Crippen molar-refractivity contribution in [2.75, 3.05) is 13.2 Å². The first-order valence-corrected chi connectivity index (χ1v) is 5.31. The average Bonchev–Trinajstić information content (AvgIpc) is 2.26. The van der Waals surface area contributed by atoms with Crippen molar-refractivity contribution < 1.29 is 20.1 Å². The molecule has 0 aliphatic carbocycles. The molecule has 1 aromatic rings. The minimum atomic E-state index is -0.933. The third kappa shape index (κ3) is 3.64. The molecule has 0 aliphatic rings. The zero-order valence-electron chi connectivity index (χ0n) is 8.93. The van der Waals surface area contributed by atoms with Crippen molar-refractivity contribution in [3.05, 3.63) is 28.8 Å². The Kier molecular flexibility index (Phi) is 5.02. The molecule has 0 amide bonds. The lowest BCUT2D eigenvalue weighted by Crippen LogP contribution is -2.21. The summed E-state index contributed by atoms with van der Waals surface area (Å²) in [6.07, 6.45) is -1.64. The Hall–Kier alpha value is -0.810. The second-order valence-corrected chi connectivity index (χ2v) is 3.94. The first kappa shape index (κ1) is 13.3. The average molecular weight is 247 g/mol. The number of hydrogen-bond donors (Lipinski definition) is 3. The van der Waals surface area contributed by atoms with E-state index in [9.17, 15) is 5.11 Å². The Balaban J connectivity index is 2.78. The van der Waals surface area contributed by atoms with Gasteiger partial charge in [0.05, 0.1) is 12.7 Å². The van der Waals surface area contributed by atoms with Gasteiger partial charge in [-0.3, -0.25) is 0 Å². The van der Waals surface area contributed by atoms with E-state index in [1.54, 1.807) is 25.1 Å². The fraction of sp³-hybridized carbons (Fsp3) is 0.455. The molecule has 3 N–H and O–H groups in total. The minimum Gasteiger partial charge on any atom is -0.490 e. The maximum atomic E-state index is 9.50. The van der Waals surface area contributed by atoms with Gasteiger partial charge >= 0.3 is 0 Å². The maximum Gasteiger partial charge on any atom is 0.125 e. The van der Waals surface area contributed by atoms with Crippen LogP contribution in [-0.4, -0.2) is 34.6 Å². The molecule has 16 heavy (non-hydrogen) atoms. The van der Waals surface area contributed by atoms with E-state index in [2.05, 4.69) is 0 Å². The van der Waals surface area contributed by atoms with Gasteiger partial charge < -0.3 is 20.1 Å². The molecule has 0 bridgehead atoms. The largest absolute Gasteiger partial charge is 0.490 e. The molecule has 2 atom stereocenters. The summed E-state index contributed by atoms with van der Waals surface area (Å²) >= 11 is 5.79. The van der Waals surface area contributed by atoms with Gasteiger partial charge in [-0.05, 0) is 25.1 Å².